The van der Waals surface area contributed by atoms with Crippen LogP contribution in [0.5, 0.6) is 5.75 Å². The summed E-state index contributed by atoms with van der Waals surface area (Å²) < 4.78 is 5.98. The molecular weight excluding hydrogens is 454 g/mol. The van der Waals surface area contributed by atoms with E-state index >= 15 is 0 Å². The Kier molecular flexibility index (Phi) is 9.15. The fraction of sp³-hybridized carbons (Fsp3) is 0.500. The Morgan fingerprint density at radius 2 is 1.44 bits per heavy atom. The highest BCUT2D eigenvalue weighted by Gasteiger charge is 2.28. The van der Waals surface area contributed by atoms with Crippen molar-refractivity contribution in [3.05, 3.63) is 65.7 Å². The summed E-state index contributed by atoms with van der Waals surface area (Å²) in [6.07, 6.45) is 7.71. The highest BCUT2D eigenvalue weighted by molar-refractivity contribution is 5.96. The summed E-state index contributed by atoms with van der Waals surface area (Å²) in [5.41, 5.74) is 2.01. The molecule has 0 atom stereocenters. The quantitative estimate of drug-likeness (QED) is 0.325. The topological polar surface area (TPSA) is 92.7 Å². The van der Waals surface area contributed by atoms with E-state index in [1.54, 1.807) is 12.1 Å². The first-order valence-corrected chi connectivity index (χ1v) is 13.3. The lowest BCUT2D eigenvalue weighted by Gasteiger charge is -2.28. The Hall–Kier alpha value is -3.15. The van der Waals surface area contributed by atoms with Crippen LogP contribution in [-0.2, 0) is 9.59 Å². The van der Waals surface area contributed by atoms with Crippen molar-refractivity contribution in [2.45, 2.75) is 76.2 Å². The maximum Gasteiger partial charge on any atom is 0.306 e. The molecule has 0 aliphatic heterocycles. The summed E-state index contributed by atoms with van der Waals surface area (Å²) >= 11 is 0. The lowest BCUT2D eigenvalue weighted by Crippen LogP contribution is -2.33. The number of aliphatic carboxylic acids is 1. The molecule has 0 aromatic heterocycles. The molecule has 192 valence electrons. The fourth-order valence-corrected chi connectivity index (χ4v) is 5.50. The largest absolute Gasteiger partial charge is 0.490 e. The molecule has 0 spiro atoms. The maximum atomic E-state index is 12.6. The molecule has 2 aromatic rings. The van der Waals surface area contributed by atoms with E-state index in [1.165, 1.54) is 5.56 Å². The van der Waals surface area contributed by atoms with Gasteiger partial charge in [-0.1, -0.05) is 30.3 Å². The van der Waals surface area contributed by atoms with E-state index in [9.17, 15) is 14.4 Å². The molecule has 1 amide bonds. The molecule has 2 saturated carbocycles. The van der Waals surface area contributed by atoms with Gasteiger partial charge in [-0.3, -0.25) is 14.4 Å². The summed E-state index contributed by atoms with van der Waals surface area (Å²) in [5, 5.41) is 12.1. The van der Waals surface area contributed by atoms with Crippen LogP contribution in [0.1, 0.15) is 86.0 Å². The molecule has 0 unspecified atom stereocenters. The molecule has 0 bridgehead atoms. The number of rotatable bonds is 10. The molecule has 0 saturated heterocycles. The number of amides is 1. The van der Waals surface area contributed by atoms with Crippen LogP contribution in [0.2, 0.25) is 0 Å². The van der Waals surface area contributed by atoms with Crippen LogP contribution in [0.4, 0.5) is 0 Å². The minimum atomic E-state index is -0.721. The zero-order valence-corrected chi connectivity index (χ0v) is 20.9. The molecular formula is C30H37NO5. The van der Waals surface area contributed by atoms with Gasteiger partial charge in [0.25, 0.3) is 0 Å². The minimum absolute atomic E-state index is 0.0270. The van der Waals surface area contributed by atoms with Gasteiger partial charge in [-0.05, 0) is 93.5 Å². The number of Topliss-reactive ketones (excluding diaryl/α,β-unsaturated/α-hetero) is 1. The van der Waals surface area contributed by atoms with Crippen LogP contribution in [0, 0.1) is 11.8 Å². The Bertz CT molecular complexity index is 1000. The van der Waals surface area contributed by atoms with Gasteiger partial charge in [0.2, 0.25) is 5.91 Å². The molecule has 2 aromatic carbocycles. The predicted octanol–water partition coefficient (Wildman–Crippen LogP) is 5.76. The normalized spacial score (nSPS) is 24.0. The van der Waals surface area contributed by atoms with Crippen LogP contribution in [0.25, 0.3) is 0 Å². The standard InChI is InChI=1S/C30H37NO5/c32-28(23-12-16-26(17-13-23)36-27-18-14-25(15-19-27)30(34)35)7-4-20-31-29(33)24-10-8-22(9-11-24)21-5-2-1-3-6-21/h1-3,5-6,12-13,16-17,22,24-25,27H,4,7-11,14-15,18-20H2,(H,31,33)(H,34,35). The third-order valence-corrected chi connectivity index (χ3v) is 7.75. The van der Waals surface area contributed by atoms with Crippen LogP contribution < -0.4 is 10.1 Å². The Morgan fingerprint density at radius 3 is 2.08 bits per heavy atom. The molecule has 0 heterocycles. The van der Waals surface area contributed by atoms with E-state index < -0.39 is 5.97 Å². The highest BCUT2D eigenvalue weighted by Crippen LogP contribution is 2.35. The molecule has 2 fully saturated rings. The Morgan fingerprint density at radius 1 is 0.806 bits per heavy atom. The van der Waals surface area contributed by atoms with E-state index in [1.807, 2.05) is 18.2 Å². The number of ketones is 1. The van der Waals surface area contributed by atoms with Gasteiger partial charge in [0, 0.05) is 24.4 Å². The third kappa shape index (κ3) is 7.19. The van der Waals surface area contributed by atoms with Gasteiger partial charge in [0.05, 0.1) is 12.0 Å². The summed E-state index contributed by atoms with van der Waals surface area (Å²) in [6.45, 7) is 0.517. The maximum absolute atomic E-state index is 12.6. The number of carboxylic acid groups (broad SMARTS) is 1. The van der Waals surface area contributed by atoms with E-state index in [2.05, 4.69) is 29.6 Å². The van der Waals surface area contributed by atoms with Crippen LogP contribution in [-0.4, -0.2) is 35.4 Å². The monoisotopic (exact) mass is 491 g/mol. The van der Waals surface area contributed by atoms with Crippen molar-refractivity contribution in [2.75, 3.05) is 6.54 Å². The van der Waals surface area contributed by atoms with Crippen LogP contribution >= 0.6 is 0 Å². The van der Waals surface area contributed by atoms with Crippen molar-refractivity contribution in [1.82, 2.24) is 5.32 Å². The number of hydrogen-bond donors (Lipinski definition) is 2. The zero-order chi connectivity index (χ0) is 25.3. The summed E-state index contributed by atoms with van der Waals surface area (Å²) in [7, 11) is 0. The van der Waals surface area contributed by atoms with Gasteiger partial charge in [0.1, 0.15) is 5.75 Å². The fourth-order valence-electron chi connectivity index (χ4n) is 5.50. The van der Waals surface area contributed by atoms with Crippen molar-refractivity contribution in [1.29, 1.82) is 0 Å². The van der Waals surface area contributed by atoms with E-state index in [4.69, 9.17) is 9.84 Å². The first-order valence-electron chi connectivity index (χ1n) is 13.3. The van der Waals surface area contributed by atoms with Gasteiger partial charge in [-0.25, -0.2) is 0 Å². The molecule has 0 radical (unpaired) electrons. The Balaban J connectivity index is 1.12. The first kappa shape index (κ1) is 25.9. The van der Waals surface area contributed by atoms with Crippen molar-refractivity contribution >= 4 is 17.7 Å². The lowest BCUT2D eigenvalue weighted by atomic mass is 9.78. The van der Waals surface area contributed by atoms with Gasteiger partial charge in [-0.15, -0.1) is 0 Å². The van der Waals surface area contributed by atoms with Gasteiger partial charge in [-0.2, -0.15) is 0 Å². The molecule has 2 aliphatic carbocycles. The highest BCUT2D eigenvalue weighted by atomic mass is 16.5. The molecule has 2 N–H and O–H groups in total. The second kappa shape index (κ2) is 12.7. The van der Waals surface area contributed by atoms with Crippen molar-refractivity contribution in [2.24, 2.45) is 11.8 Å². The molecule has 36 heavy (non-hydrogen) atoms. The number of carbonyl (C=O) groups excluding carboxylic acids is 2. The van der Waals surface area contributed by atoms with Crippen molar-refractivity contribution in [3.63, 3.8) is 0 Å². The second-order valence-electron chi connectivity index (χ2n) is 10.2. The SMILES string of the molecule is O=C(CCCNC(=O)C1CCC(c2ccccc2)CC1)c1ccc(OC2CCC(C(=O)O)CC2)cc1. The number of hydrogen-bond acceptors (Lipinski definition) is 4. The van der Waals surface area contributed by atoms with Gasteiger partial charge < -0.3 is 15.2 Å². The van der Waals surface area contributed by atoms with Crippen LogP contribution in [0.3, 0.4) is 0 Å². The third-order valence-electron chi connectivity index (χ3n) is 7.75. The number of carboxylic acids is 1. The number of nitrogens with one attached hydrogen (secondary N) is 1. The van der Waals surface area contributed by atoms with E-state index in [0.29, 0.717) is 49.5 Å². The second-order valence-corrected chi connectivity index (χ2v) is 10.2. The zero-order valence-electron chi connectivity index (χ0n) is 20.9. The van der Waals surface area contributed by atoms with Gasteiger partial charge >= 0.3 is 5.97 Å². The average Bonchev–Trinajstić information content (AvgIpc) is 2.92. The summed E-state index contributed by atoms with van der Waals surface area (Å²) in [5.74, 6) is 0.531. The number of benzene rings is 2. The minimum Gasteiger partial charge on any atom is -0.490 e. The van der Waals surface area contributed by atoms with Crippen molar-refractivity contribution in [3.8, 4) is 5.75 Å². The first-order chi connectivity index (χ1) is 17.5. The molecule has 6 nitrogen and oxygen atoms in total. The summed E-state index contributed by atoms with van der Waals surface area (Å²) in [4.78, 5) is 36.2. The van der Waals surface area contributed by atoms with E-state index in [0.717, 1.165) is 38.5 Å². The Labute approximate surface area is 213 Å². The number of ether oxygens (including phenoxy) is 1. The lowest BCUT2D eigenvalue weighted by molar-refractivity contribution is -0.143. The van der Waals surface area contributed by atoms with E-state index in [-0.39, 0.29) is 29.6 Å². The van der Waals surface area contributed by atoms with Crippen molar-refractivity contribution < 1.29 is 24.2 Å². The van der Waals surface area contributed by atoms with Gasteiger partial charge in [0.15, 0.2) is 5.78 Å². The predicted molar refractivity (Wildman–Crippen MR) is 138 cm³/mol. The van der Waals surface area contributed by atoms with Crippen LogP contribution in [0.15, 0.2) is 54.6 Å². The molecule has 2 aliphatic rings. The average molecular weight is 492 g/mol. The molecule has 6 heteroatoms. The summed E-state index contributed by atoms with van der Waals surface area (Å²) in [6, 6.07) is 17.7. The molecule has 4 rings (SSSR count). The smallest absolute Gasteiger partial charge is 0.306 e. The number of carbonyl (C=O) groups is 3.